The van der Waals surface area contributed by atoms with Crippen LogP contribution in [0.4, 0.5) is 0 Å². The van der Waals surface area contributed by atoms with Crippen LogP contribution in [0.1, 0.15) is 6.92 Å². The third-order valence-electron chi connectivity index (χ3n) is 1.67. The van der Waals surface area contributed by atoms with Gasteiger partial charge in [0.15, 0.2) is 5.90 Å². The smallest absolute Gasteiger partial charge is 0.330 e. The van der Waals surface area contributed by atoms with E-state index in [1.165, 1.54) is 0 Å². The second-order valence-corrected chi connectivity index (χ2v) is 2.80. The molecule has 1 atom stereocenters. The van der Waals surface area contributed by atoms with E-state index in [2.05, 4.69) is 11.6 Å². The Morgan fingerprint density at radius 2 is 2.69 bits per heavy atom. The average Bonchev–Trinajstić information content (AvgIpc) is 2.66. The van der Waals surface area contributed by atoms with Crippen LogP contribution in [0.2, 0.25) is 0 Å². The number of carbonyl (C=O) groups is 1. The molecule has 0 saturated carbocycles. The summed E-state index contributed by atoms with van der Waals surface area (Å²) < 4.78 is 10.1. The molecule has 1 aliphatic rings. The molecule has 0 aromatic heterocycles. The van der Waals surface area contributed by atoms with Crippen LogP contribution >= 0.6 is 0 Å². The minimum absolute atomic E-state index is 0.0337. The van der Waals surface area contributed by atoms with E-state index in [0.29, 0.717) is 25.7 Å². The zero-order valence-corrected chi connectivity index (χ0v) is 7.66. The molecule has 0 aliphatic carbocycles. The molecule has 0 saturated heterocycles. The molecule has 0 aromatic carbocycles. The Labute approximate surface area is 77.2 Å². The lowest BCUT2D eigenvalue weighted by atomic mass is 10.2. The van der Waals surface area contributed by atoms with Crippen LogP contribution in [0, 0.1) is 5.92 Å². The fourth-order valence-corrected chi connectivity index (χ4v) is 0.987. The van der Waals surface area contributed by atoms with Crippen LogP contribution in [0.25, 0.3) is 0 Å². The van der Waals surface area contributed by atoms with E-state index in [9.17, 15) is 4.79 Å². The number of esters is 1. The van der Waals surface area contributed by atoms with Gasteiger partial charge in [-0.3, -0.25) is 4.99 Å². The molecule has 0 amide bonds. The van der Waals surface area contributed by atoms with Crippen LogP contribution < -0.4 is 0 Å². The lowest BCUT2D eigenvalue weighted by molar-refractivity contribution is -0.138. The highest BCUT2D eigenvalue weighted by atomic mass is 16.5. The van der Waals surface area contributed by atoms with Crippen molar-refractivity contribution in [3.63, 3.8) is 0 Å². The SMILES string of the molecule is C=CC(=O)OCC(C)C1=NCCO1. The van der Waals surface area contributed by atoms with E-state index < -0.39 is 5.97 Å². The first-order chi connectivity index (χ1) is 6.24. The number of hydrogen-bond donors (Lipinski definition) is 0. The van der Waals surface area contributed by atoms with E-state index in [1.54, 1.807) is 0 Å². The summed E-state index contributed by atoms with van der Waals surface area (Å²) in [6, 6.07) is 0. The molecule has 1 heterocycles. The van der Waals surface area contributed by atoms with Gasteiger partial charge in [0.2, 0.25) is 0 Å². The summed E-state index contributed by atoms with van der Waals surface area (Å²) in [5.41, 5.74) is 0. The lowest BCUT2D eigenvalue weighted by Gasteiger charge is -2.10. The molecule has 72 valence electrons. The van der Waals surface area contributed by atoms with Gasteiger partial charge in [-0.25, -0.2) is 4.79 Å². The van der Waals surface area contributed by atoms with Gasteiger partial charge in [-0.15, -0.1) is 0 Å². The van der Waals surface area contributed by atoms with Crippen molar-refractivity contribution in [1.82, 2.24) is 0 Å². The van der Waals surface area contributed by atoms with E-state index >= 15 is 0 Å². The summed E-state index contributed by atoms with van der Waals surface area (Å²) in [5.74, 6) is 0.300. The van der Waals surface area contributed by atoms with Gasteiger partial charge in [-0.2, -0.15) is 0 Å². The molecule has 1 rings (SSSR count). The molecular weight excluding hydrogens is 170 g/mol. The third-order valence-corrected chi connectivity index (χ3v) is 1.67. The van der Waals surface area contributed by atoms with Crippen molar-refractivity contribution in [3.8, 4) is 0 Å². The van der Waals surface area contributed by atoms with E-state index in [1.807, 2.05) is 6.92 Å². The van der Waals surface area contributed by atoms with Gasteiger partial charge >= 0.3 is 5.97 Å². The van der Waals surface area contributed by atoms with E-state index in [0.717, 1.165) is 6.08 Å². The zero-order valence-electron chi connectivity index (χ0n) is 7.66. The maximum absolute atomic E-state index is 10.7. The lowest BCUT2D eigenvalue weighted by Crippen LogP contribution is -2.19. The van der Waals surface area contributed by atoms with Crippen molar-refractivity contribution in [2.24, 2.45) is 10.9 Å². The molecular formula is C9H13NO3. The first kappa shape index (κ1) is 9.77. The van der Waals surface area contributed by atoms with Crippen molar-refractivity contribution >= 4 is 11.9 Å². The van der Waals surface area contributed by atoms with E-state index in [-0.39, 0.29) is 5.92 Å². The fourth-order valence-electron chi connectivity index (χ4n) is 0.987. The number of ether oxygens (including phenoxy) is 2. The first-order valence-electron chi connectivity index (χ1n) is 4.20. The van der Waals surface area contributed by atoms with Crippen molar-refractivity contribution in [2.45, 2.75) is 6.92 Å². The predicted octanol–water partition coefficient (Wildman–Crippen LogP) is 0.780. The highest BCUT2D eigenvalue weighted by Crippen LogP contribution is 2.06. The maximum Gasteiger partial charge on any atom is 0.330 e. The molecule has 1 aliphatic heterocycles. The molecule has 0 radical (unpaired) electrons. The Kier molecular flexibility index (Phi) is 3.49. The largest absolute Gasteiger partial charge is 0.479 e. The summed E-state index contributed by atoms with van der Waals surface area (Å²) in [6.07, 6.45) is 1.14. The standard InChI is InChI=1S/C9H13NO3/c1-3-8(11)13-6-7(2)9-10-4-5-12-9/h3,7H,1,4-6H2,2H3. The molecule has 0 aromatic rings. The van der Waals surface area contributed by atoms with Crippen LogP contribution in [0.15, 0.2) is 17.6 Å². The Bertz CT molecular complexity index is 235. The van der Waals surface area contributed by atoms with Crippen LogP contribution in [-0.2, 0) is 14.3 Å². The topological polar surface area (TPSA) is 47.9 Å². The third kappa shape index (κ3) is 2.89. The Hall–Kier alpha value is -1.32. The highest BCUT2D eigenvalue weighted by molar-refractivity contribution is 5.82. The van der Waals surface area contributed by atoms with Crippen molar-refractivity contribution < 1.29 is 14.3 Å². The normalized spacial score (nSPS) is 17.2. The van der Waals surface area contributed by atoms with Gasteiger partial charge in [0.05, 0.1) is 12.5 Å². The molecule has 4 nitrogen and oxygen atoms in total. The number of aliphatic imine (C=N–C) groups is 1. The minimum atomic E-state index is -0.412. The van der Waals surface area contributed by atoms with Gasteiger partial charge in [0, 0.05) is 6.08 Å². The van der Waals surface area contributed by atoms with Crippen molar-refractivity contribution in [1.29, 1.82) is 0 Å². The van der Waals surface area contributed by atoms with Crippen LogP contribution in [0.5, 0.6) is 0 Å². The predicted molar refractivity (Wildman–Crippen MR) is 48.6 cm³/mol. The highest BCUT2D eigenvalue weighted by Gasteiger charge is 2.16. The molecule has 13 heavy (non-hydrogen) atoms. The molecule has 0 spiro atoms. The maximum atomic E-state index is 10.7. The number of rotatable bonds is 4. The zero-order chi connectivity index (χ0) is 9.68. The van der Waals surface area contributed by atoms with Gasteiger partial charge < -0.3 is 9.47 Å². The van der Waals surface area contributed by atoms with Gasteiger partial charge in [0.25, 0.3) is 0 Å². The summed E-state index contributed by atoms with van der Waals surface area (Å²) in [6.45, 7) is 6.84. The second kappa shape index (κ2) is 4.64. The van der Waals surface area contributed by atoms with Crippen molar-refractivity contribution in [3.05, 3.63) is 12.7 Å². The monoisotopic (exact) mass is 183 g/mol. The minimum Gasteiger partial charge on any atom is -0.479 e. The number of hydrogen-bond acceptors (Lipinski definition) is 4. The van der Waals surface area contributed by atoms with Gasteiger partial charge in [-0.05, 0) is 0 Å². The van der Waals surface area contributed by atoms with E-state index in [4.69, 9.17) is 9.47 Å². The van der Waals surface area contributed by atoms with Crippen molar-refractivity contribution in [2.75, 3.05) is 19.8 Å². The van der Waals surface area contributed by atoms with Crippen LogP contribution in [0.3, 0.4) is 0 Å². The number of nitrogens with zero attached hydrogens (tertiary/aromatic N) is 1. The number of carbonyl (C=O) groups excluding carboxylic acids is 1. The van der Waals surface area contributed by atoms with Gasteiger partial charge in [-0.1, -0.05) is 13.5 Å². The molecule has 0 fully saturated rings. The fraction of sp³-hybridized carbons (Fsp3) is 0.556. The summed E-state index contributed by atoms with van der Waals surface area (Å²) in [4.78, 5) is 14.8. The van der Waals surface area contributed by atoms with Crippen LogP contribution in [-0.4, -0.2) is 31.6 Å². The summed E-state index contributed by atoms with van der Waals surface area (Å²) >= 11 is 0. The Morgan fingerprint density at radius 1 is 1.92 bits per heavy atom. The average molecular weight is 183 g/mol. The first-order valence-corrected chi connectivity index (χ1v) is 4.20. The quantitative estimate of drug-likeness (QED) is 0.478. The van der Waals surface area contributed by atoms with Gasteiger partial charge in [0.1, 0.15) is 13.2 Å². The Morgan fingerprint density at radius 3 is 3.23 bits per heavy atom. The summed E-state index contributed by atoms with van der Waals surface area (Å²) in [5, 5.41) is 0. The molecule has 1 unspecified atom stereocenters. The summed E-state index contributed by atoms with van der Waals surface area (Å²) in [7, 11) is 0. The second-order valence-electron chi connectivity index (χ2n) is 2.80. The molecule has 0 N–H and O–H groups in total. The molecule has 4 heteroatoms. The Balaban J connectivity index is 2.28. The molecule has 0 bridgehead atoms.